The van der Waals surface area contributed by atoms with Crippen LogP contribution >= 0.6 is 0 Å². The molecule has 3 aromatic carbocycles. The molecule has 0 N–H and O–H groups in total. The fourth-order valence-corrected chi connectivity index (χ4v) is 5.44. The van der Waals surface area contributed by atoms with Crippen molar-refractivity contribution < 1.29 is 9.67 Å². The molecule has 0 fully saturated rings. The van der Waals surface area contributed by atoms with Gasteiger partial charge in [0, 0.05) is 72.6 Å². The average Bonchev–Trinajstić information content (AvgIpc) is 3.10. The highest BCUT2D eigenvalue weighted by Gasteiger charge is 2.26. The zero-order chi connectivity index (χ0) is 29.0. The molecule has 0 aliphatic carbocycles. The van der Waals surface area contributed by atoms with Gasteiger partial charge in [-0.3, -0.25) is 15.0 Å². The first kappa shape index (κ1) is 26.0. The Hall–Kier alpha value is -5.94. The molecule has 0 radical (unpaired) electrons. The van der Waals surface area contributed by atoms with Crippen LogP contribution in [0.4, 0.5) is 0 Å². The van der Waals surface area contributed by atoms with E-state index in [4.69, 9.17) is 0 Å². The van der Waals surface area contributed by atoms with E-state index in [1.807, 2.05) is 97.3 Å². The quantitative estimate of drug-likeness (QED) is 0.199. The van der Waals surface area contributed by atoms with Gasteiger partial charge in [-0.25, -0.2) is 0 Å². The van der Waals surface area contributed by atoms with Crippen LogP contribution in [0.3, 0.4) is 0 Å². The van der Waals surface area contributed by atoms with Gasteiger partial charge in [-0.15, -0.1) is 0 Å². The minimum atomic E-state index is -0.0683. The molecule has 0 aliphatic rings. The van der Waals surface area contributed by atoms with Crippen LogP contribution in [0, 0.1) is 0 Å². The molecule has 5 nitrogen and oxygen atoms in total. The zero-order valence-electron chi connectivity index (χ0n) is 23.2. The van der Waals surface area contributed by atoms with E-state index in [-0.39, 0.29) is 5.75 Å². The Morgan fingerprint density at radius 3 is 1.37 bits per heavy atom. The smallest absolute Gasteiger partial charge is 0.219 e. The predicted molar refractivity (Wildman–Crippen MR) is 168 cm³/mol. The molecule has 0 amide bonds. The summed E-state index contributed by atoms with van der Waals surface area (Å²) in [5.74, 6) is -0.0683. The van der Waals surface area contributed by atoms with Crippen molar-refractivity contribution in [2.45, 2.75) is 0 Å². The van der Waals surface area contributed by atoms with Crippen molar-refractivity contribution in [2.75, 3.05) is 0 Å². The van der Waals surface area contributed by atoms with E-state index in [1.165, 1.54) is 0 Å². The van der Waals surface area contributed by atoms with Crippen molar-refractivity contribution >= 4 is 0 Å². The lowest BCUT2D eigenvalue weighted by atomic mass is 9.95. The number of aromatic nitrogens is 4. The minimum Gasteiger partial charge on any atom is -0.872 e. The summed E-state index contributed by atoms with van der Waals surface area (Å²) in [5, 5.41) is 14.0. The molecule has 0 aliphatic heterocycles. The molecular formula is C38H26N4O. The van der Waals surface area contributed by atoms with Crippen LogP contribution in [0.1, 0.15) is 0 Å². The molecule has 4 aromatic heterocycles. The molecule has 0 unspecified atom stereocenters. The fraction of sp³-hybridized carbons (Fsp3) is 0. The summed E-state index contributed by atoms with van der Waals surface area (Å²) in [5.41, 5.74) is 9.74. The van der Waals surface area contributed by atoms with Crippen molar-refractivity contribution in [3.05, 3.63) is 159 Å². The number of benzene rings is 3. The first-order valence-corrected chi connectivity index (χ1v) is 14.0. The average molecular weight is 555 g/mol. The van der Waals surface area contributed by atoms with Crippen molar-refractivity contribution in [1.82, 2.24) is 15.0 Å². The van der Waals surface area contributed by atoms with Crippen LogP contribution < -0.4 is 9.67 Å². The molecule has 0 atom stereocenters. The first-order chi connectivity index (χ1) is 21.3. The normalized spacial score (nSPS) is 10.9. The van der Waals surface area contributed by atoms with Gasteiger partial charge in [0.15, 0.2) is 0 Å². The van der Waals surface area contributed by atoms with Crippen LogP contribution in [0.15, 0.2) is 159 Å². The van der Waals surface area contributed by atoms with Crippen LogP contribution in [0.2, 0.25) is 0 Å². The Morgan fingerprint density at radius 1 is 0.419 bits per heavy atom. The summed E-state index contributed by atoms with van der Waals surface area (Å²) >= 11 is 0. The molecule has 7 rings (SSSR count). The van der Waals surface area contributed by atoms with E-state index in [0.717, 1.165) is 50.5 Å². The van der Waals surface area contributed by atoms with E-state index in [2.05, 4.69) is 55.9 Å². The van der Waals surface area contributed by atoms with E-state index in [1.54, 1.807) is 24.8 Å². The van der Waals surface area contributed by atoms with E-state index in [9.17, 15) is 5.11 Å². The second-order valence-corrected chi connectivity index (χ2v) is 10.2. The lowest BCUT2D eigenvalue weighted by molar-refractivity contribution is -0.572. The summed E-state index contributed by atoms with van der Waals surface area (Å²) < 4.78 is 2.24. The highest BCUT2D eigenvalue weighted by molar-refractivity contribution is 5.83. The van der Waals surface area contributed by atoms with Crippen molar-refractivity contribution in [2.24, 2.45) is 0 Å². The van der Waals surface area contributed by atoms with Gasteiger partial charge in [0.2, 0.25) is 17.1 Å². The minimum absolute atomic E-state index is 0.0683. The predicted octanol–water partition coefficient (Wildman–Crippen LogP) is 7.56. The first-order valence-electron chi connectivity index (χ1n) is 14.0. The molecule has 0 bridgehead atoms. The van der Waals surface area contributed by atoms with E-state index < -0.39 is 0 Å². The SMILES string of the molecule is [O-]c1c(-c2cccnc2)cc(-[n+]2c(-c3ccccc3)cc(-c3ccncc3)cc2-c2ccccc2)cc1-c1cccnc1. The van der Waals surface area contributed by atoms with Gasteiger partial charge in [0.1, 0.15) is 0 Å². The number of hydrogen-bond donors (Lipinski definition) is 0. The van der Waals surface area contributed by atoms with Gasteiger partial charge in [0.25, 0.3) is 0 Å². The topological polar surface area (TPSA) is 65.6 Å². The van der Waals surface area contributed by atoms with Crippen molar-refractivity contribution in [3.8, 4) is 67.3 Å². The third kappa shape index (κ3) is 5.16. The second-order valence-electron chi connectivity index (χ2n) is 10.2. The molecule has 5 heteroatoms. The lowest BCUT2D eigenvalue weighted by Gasteiger charge is -2.21. The Labute approximate surface area is 250 Å². The summed E-state index contributed by atoms with van der Waals surface area (Å²) in [6.45, 7) is 0. The second kappa shape index (κ2) is 11.5. The standard InChI is InChI=1S/C38H26N4O/c43-38-34(30-13-7-17-40-25-30)23-33(24-35(38)31-14-8-18-41-26-31)42-36(28-9-3-1-4-10-28)21-32(27-15-19-39-20-16-27)22-37(42)29-11-5-2-6-12-29/h1-26H. The molecule has 0 spiro atoms. The van der Waals surface area contributed by atoms with Gasteiger partial charge in [-0.1, -0.05) is 54.3 Å². The van der Waals surface area contributed by atoms with Gasteiger partial charge < -0.3 is 5.11 Å². The van der Waals surface area contributed by atoms with E-state index >= 15 is 0 Å². The zero-order valence-corrected chi connectivity index (χ0v) is 23.2. The maximum atomic E-state index is 14.0. The van der Waals surface area contributed by atoms with Crippen molar-refractivity contribution in [3.63, 3.8) is 0 Å². The number of hydrogen-bond acceptors (Lipinski definition) is 4. The monoisotopic (exact) mass is 554 g/mol. The highest BCUT2D eigenvalue weighted by atomic mass is 16.3. The van der Waals surface area contributed by atoms with Gasteiger partial charge in [-0.2, -0.15) is 4.57 Å². The molecule has 43 heavy (non-hydrogen) atoms. The van der Waals surface area contributed by atoms with Gasteiger partial charge in [0.05, 0.1) is 0 Å². The number of rotatable bonds is 6. The highest BCUT2D eigenvalue weighted by Crippen LogP contribution is 2.39. The number of pyridine rings is 4. The fourth-order valence-electron chi connectivity index (χ4n) is 5.44. The molecule has 4 heterocycles. The largest absolute Gasteiger partial charge is 0.872 e. The van der Waals surface area contributed by atoms with Crippen LogP contribution in [0.25, 0.3) is 61.6 Å². The Kier molecular flexibility index (Phi) is 6.96. The third-order valence-electron chi connectivity index (χ3n) is 7.50. The van der Waals surface area contributed by atoms with Crippen LogP contribution in [-0.2, 0) is 0 Å². The maximum absolute atomic E-state index is 14.0. The molecule has 204 valence electrons. The third-order valence-corrected chi connectivity index (χ3v) is 7.50. The molecule has 0 saturated heterocycles. The van der Waals surface area contributed by atoms with E-state index in [0.29, 0.717) is 11.1 Å². The molecule has 7 aromatic rings. The van der Waals surface area contributed by atoms with Crippen molar-refractivity contribution in [1.29, 1.82) is 0 Å². The Balaban J connectivity index is 1.60. The molecular weight excluding hydrogens is 528 g/mol. The summed E-state index contributed by atoms with van der Waals surface area (Å²) in [6, 6.07) is 40.6. The van der Waals surface area contributed by atoms with Crippen LogP contribution in [-0.4, -0.2) is 15.0 Å². The summed E-state index contributed by atoms with van der Waals surface area (Å²) in [7, 11) is 0. The number of nitrogens with zero attached hydrogens (tertiary/aromatic N) is 4. The summed E-state index contributed by atoms with van der Waals surface area (Å²) in [6.07, 6.45) is 10.5. The van der Waals surface area contributed by atoms with Gasteiger partial charge in [-0.05, 0) is 81.9 Å². The van der Waals surface area contributed by atoms with Gasteiger partial charge >= 0.3 is 0 Å². The summed E-state index contributed by atoms with van der Waals surface area (Å²) in [4.78, 5) is 12.9. The lowest BCUT2D eigenvalue weighted by Crippen LogP contribution is -2.36. The molecule has 0 saturated carbocycles. The Bertz CT molecular complexity index is 1880. The van der Waals surface area contributed by atoms with Crippen LogP contribution in [0.5, 0.6) is 5.75 Å². The maximum Gasteiger partial charge on any atom is 0.219 e. The Morgan fingerprint density at radius 2 is 0.907 bits per heavy atom.